The first-order valence-corrected chi connectivity index (χ1v) is 6.57. The lowest BCUT2D eigenvalue weighted by molar-refractivity contribution is 0.0573. The van der Waals surface area contributed by atoms with Crippen LogP contribution in [0.4, 0.5) is 0 Å². The minimum atomic E-state index is 0.422. The van der Waals surface area contributed by atoms with E-state index in [2.05, 4.69) is 26.1 Å². The van der Waals surface area contributed by atoms with E-state index in [1.54, 1.807) is 0 Å². The SMILES string of the molecule is CCCCC1(CNCCC)CCOC1C. The van der Waals surface area contributed by atoms with Gasteiger partial charge in [-0.25, -0.2) is 0 Å². The van der Waals surface area contributed by atoms with Gasteiger partial charge in [-0.3, -0.25) is 0 Å². The van der Waals surface area contributed by atoms with Crippen LogP contribution in [0.3, 0.4) is 0 Å². The third kappa shape index (κ3) is 3.46. The highest BCUT2D eigenvalue weighted by atomic mass is 16.5. The molecular formula is C13H27NO. The Bertz CT molecular complexity index is 172. The predicted molar refractivity (Wildman–Crippen MR) is 65.1 cm³/mol. The van der Waals surface area contributed by atoms with Crippen LogP contribution in [0.5, 0.6) is 0 Å². The van der Waals surface area contributed by atoms with Crippen LogP contribution >= 0.6 is 0 Å². The number of hydrogen-bond donors (Lipinski definition) is 1. The standard InChI is InChI=1S/C13H27NO/c1-4-6-7-13(11-14-9-5-2)8-10-15-12(13)3/h12,14H,4-11H2,1-3H3. The van der Waals surface area contributed by atoms with Crippen LogP contribution in [0, 0.1) is 5.41 Å². The highest BCUT2D eigenvalue weighted by Crippen LogP contribution is 2.39. The third-order valence-electron chi connectivity index (χ3n) is 3.76. The Morgan fingerprint density at radius 2 is 2.13 bits per heavy atom. The maximum atomic E-state index is 5.76. The Morgan fingerprint density at radius 1 is 1.33 bits per heavy atom. The van der Waals surface area contributed by atoms with Gasteiger partial charge in [0, 0.05) is 18.6 Å². The molecule has 2 nitrogen and oxygen atoms in total. The first-order chi connectivity index (χ1) is 7.25. The van der Waals surface area contributed by atoms with Crippen molar-refractivity contribution in [2.75, 3.05) is 19.7 Å². The molecular weight excluding hydrogens is 186 g/mol. The van der Waals surface area contributed by atoms with Crippen molar-refractivity contribution < 1.29 is 4.74 Å². The van der Waals surface area contributed by atoms with Gasteiger partial charge in [-0.1, -0.05) is 26.7 Å². The van der Waals surface area contributed by atoms with Gasteiger partial charge in [0.25, 0.3) is 0 Å². The topological polar surface area (TPSA) is 21.3 Å². The summed E-state index contributed by atoms with van der Waals surface area (Å²) in [4.78, 5) is 0. The van der Waals surface area contributed by atoms with Crippen LogP contribution < -0.4 is 5.32 Å². The summed E-state index contributed by atoms with van der Waals surface area (Å²) in [6, 6.07) is 0. The number of ether oxygens (including phenoxy) is 1. The fourth-order valence-electron chi connectivity index (χ4n) is 2.51. The van der Waals surface area contributed by atoms with E-state index in [0.717, 1.165) is 19.7 Å². The van der Waals surface area contributed by atoms with E-state index in [1.807, 2.05) is 0 Å². The maximum absolute atomic E-state index is 5.76. The average molecular weight is 213 g/mol. The zero-order valence-electron chi connectivity index (χ0n) is 10.6. The molecule has 1 saturated heterocycles. The molecule has 0 aliphatic carbocycles. The van der Waals surface area contributed by atoms with E-state index >= 15 is 0 Å². The zero-order chi connectivity index (χ0) is 11.1. The molecule has 2 atom stereocenters. The lowest BCUT2D eigenvalue weighted by Gasteiger charge is -2.32. The van der Waals surface area contributed by atoms with Gasteiger partial charge in [-0.15, -0.1) is 0 Å². The van der Waals surface area contributed by atoms with Crippen molar-refractivity contribution in [3.8, 4) is 0 Å². The molecule has 2 unspecified atom stereocenters. The van der Waals surface area contributed by atoms with E-state index in [4.69, 9.17) is 4.74 Å². The predicted octanol–water partition coefficient (Wildman–Crippen LogP) is 2.97. The molecule has 0 aromatic heterocycles. The summed E-state index contributed by atoms with van der Waals surface area (Å²) < 4.78 is 5.76. The van der Waals surface area contributed by atoms with Crippen molar-refractivity contribution in [1.82, 2.24) is 5.32 Å². The van der Waals surface area contributed by atoms with Gasteiger partial charge >= 0.3 is 0 Å². The van der Waals surface area contributed by atoms with Crippen molar-refractivity contribution in [3.63, 3.8) is 0 Å². The minimum Gasteiger partial charge on any atom is -0.378 e. The normalized spacial score (nSPS) is 31.0. The summed E-state index contributed by atoms with van der Waals surface area (Å²) in [6.07, 6.45) is 6.85. The second-order valence-electron chi connectivity index (χ2n) is 4.91. The van der Waals surface area contributed by atoms with Gasteiger partial charge in [0.15, 0.2) is 0 Å². The van der Waals surface area contributed by atoms with Gasteiger partial charge < -0.3 is 10.1 Å². The summed E-state index contributed by atoms with van der Waals surface area (Å²) in [5, 5.41) is 3.58. The van der Waals surface area contributed by atoms with E-state index in [0.29, 0.717) is 11.5 Å². The molecule has 2 heteroatoms. The summed E-state index contributed by atoms with van der Waals surface area (Å²) in [5.41, 5.74) is 0.422. The molecule has 1 heterocycles. The second kappa shape index (κ2) is 6.49. The van der Waals surface area contributed by atoms with Gasteiger partial charge in [0.2, 0.25) is 0 Å². The van der Waals surface area contributed by atoms with Gasteiger partial charge in [-0.2, -0.15) is 0 Å². The van der Waals surface area contributed by atoms with E-state index in [1.165, 1.54) is 32.1 Å². The Kier molecular flexibility index (Phi) is 5.62. The van der Waals surface area contributed by atoms with Crippen LogP contribution in [0.1, 0.15) is 52.9 Å². The monoisotopic (exact) mass is 213 g/mol. The smallest absolute Gasteiger partial charge is 0.0616 e. The maximum Gasteiger partial charge on any atom is 0.0616 e. The van der Waals surface area contributed by atoms with E-state index in [-0.39, 0.29) is 0 Å². The summed E-state index contributed by atoms with van der Waals surface area (Å²) in [5.74, 6) is 0. The Hall–Kier alpha value is -0.0800. The van der Waals surface area contributed by atoms with E-state index < -0.39 is 0 Å². The highest BCUT2D eigenvalue weighted by Gasteiger charge is 2.40. The van der Waals surface area contributed by atoms with Crippen LogP contribution in [0.2, 0.25) is 0 Å². The molecule has 0 radical (unpaired) electrons. The summed E-state index contributed by atoms with van der Waals surface area (Å²) in [6.45, 7) is 9.98. The van der Waals surface area contributed by atoms with Gasteiger partial charge in [-0.05, 0) is 32.7 Å². The minimum absolute atomic E-state index is 0.422. The highest BCUT2D eigenvalue weighted by molar-refractivity contribution is 4.91. The second-order valence-corrected chi connectivity index (χ2v) is 4.91. The third-order valence-corrected chi connectivity index (χ3v) is 3.76. The molecule has 1 N–H and O–H groups in total. The Morgan fingerprint density at radius 3 is 2.67 bits per heavy atom. The number of hydrogen-bond acceptors (Lipinski definition) is 2. The van der Waals surface area contributed by atoms with Crippen molar-refractivity contribution in [1.29, 1.82) is 0 Å². The average Bonchev–Trinajstić information content (AvgIpc) is 2.59. The van der Waals surface area contributed by atoms with Gasteiger partial charge in [0.1, 0.15) is 0 Å². The van der Waals surface area contributed by atoms with Crippen LogP contribution in [-0.2, 0) is 4.74 Å². The molecule has 90 valence electrons. The molecule has 0 saturated carbocycles. The molecule has 0 bridgehead atoms. The lowest BCUT2D eigenvalue weighted by Crippen LogP contribution is -2.39. The molecule has 1 fully saturated rings. The fourth-order valence-corrected chi connectivity index (χ4v) is 2.51. The fraction of sp³-hybridized carbons (Fsp3) is 1.00. The molecule has 0 spiro atoms. The Balaban J connectivity index is 2.44. The largest absolute Gasteiger partial charge is 0.378 e. The van der Waals surface area contributed by atoms with Crippen molar-refractivity contribution in [3.05, 3.63) is 0 Å². The first-order valence-electron chi connectivity index (χ1n) is 6.57. The van der Waals surface area contributed by atoms with Crippen molar-refractivity contribution >= 4 is 0 Å². The number of unbranched alkanes of at least 4 members (excludes halogenated alkanes) is 1. The van der Waals surface area contributed by atoms with Crippen LogP contribution in [-0.4, -0.2) is 25.8 Å². The Labute approximate surface area is 94.8 Å². The van der Waals surface area contributed by atoms with Gasteiger partial charge in [0.05, 0.1) is 6.10 Å². The molecule has 0 amide bonds. The summed E-state index contributed by atoms with van der Waals surface area (Å²) >= 11 is 0. The molecule has 1 aliphatic rings. The number of rotatable bonds is 7. The first kappa shape index (κ1) is 13.0. The van der Waals surface area contributed by atoms with Crippen molar-refractivity contribution in [2.24, 2.45) is 5.41 Å². The molecule has 15 heavy (non-hydrogen) atoms. The van der Waals surface area contributed by atoms with Crippen LogP contribution in [0.15, 0.2) is 0 Å². The molecule has 0 aromatic carbocycles. The molecule has 1 rings (SSSR count). The van der Waals surface area contributed by atoms with E-state index in [9.17, 15) is 0 Å². The van der Waals surface area contributed by atoms with Crippen molar-refractivity contribution in [2.45, 2.75) is 59.0 Å². The number of nitrogens with one attached hydrogen (secondary N) is 1. The van der Waals surface area contributed by atoms with Crippen LogP contribution in [0.25, 0.3) is 0 Å². The molecule has 1 aliphatic heterocycles. The molecule has 0 aromatic rings. The zero-order valence-corrected chi connectivity index (χ0v) is 10.6. The quantitative estimate of drug-likeness (QED) is 0.656. The lowest BCUT2D eigenvalue weighted by atomic mass is 9.77. The summed E-state index contributed by atoms with van der Waals surface area (Å²) in [7, 11) is 0.